The molecule has 1 unspecified atom stereocenters. The van der Waals surface area contributed by atoms with Crippen LogP contribution in [0.4, 0.5) is 0 Å². The number of aromatic nitrogens is 2. The van der Waals surface area contributed by atoms with Gasteiger partial charge in [0, 0.05) is 22.7 Å². The molecular weight excluding hydrogens is 188 g/mol. The average molecular weight is 193 g/mol. The van der Waals surface area contributed by atoms with Crippen molar-refractivity contribution in [3.8, 4) is 0 Å². The summed E-state index contributed by atoms with van der Waals surface area (Å²) >= 11 is -2.22. The fourth-order valence-corrected chi connectivity index (χ4v) is 1.64. The highest BCUT2D eigenvalue weighted by molar-refractivity contribution is 7.79. The standard InChI is InChI=1S/C8H6N2O2S/c11-13(12)8-2-4-10-7-5-9-3-1-6(7)8/h1-5H,(H,11,12)/p-1. The molecular formula is C8H5N2O2S-. The maximum atomic E-state index is 10.8. The molecule has 0 aliphatic heterocycles. The molecule has 0 bridgehead atoms. The molecule has 2 heterocycles. The van der Waals surface area contributed by atoms with E-state index in [9.17, 15) is 8.76 Å². The lowest BCUT2D eigenvalue weighted by Gasteiger charge is -2.07. The van der Waals surface area contributed by atoms with E-state index in [0.717, 1.165) is 0 Å². The maximum Gasteiger partial charge on any atom is 0.0896 e. The van der Waals surface area contributed by atoms with Gasteiger partial charge in [0.2, 0.25) is 0 Å². The van der Waals surface area contributed by atoms with Crippen molar-refractivity contribution in [3.05, 3.63) is 30.7 Å². The molecule has 4 nitrogen and oxygen atoms in total. The molecule has 0 fully saturated rings. The summed E-state index contributed by atoms with van der Waals surface area (Å²) in [5.74, 6) is 0. The van der Waals surface area contributed by atoms with Crippen LogP contribution in [0.2, 0.25) is 0 Å². The topological polar surface area (TPSA) is 65.9 Å². The zero-order valence-corrected chi connectivity index (χ0v) is 7.32. The van der Waals surface area contributed by atoms with Crippen LogP contribution in [0.5, 0.6) is 0 Å². The Morgan fingerprint density at radius 2 is 2.15 bits per heavy atom. The lowest BCUT2D eigenvalue weighted by atomic mass is 10.3. The third-order valence-corrected chi connectivity index (χ3v) is 2.40. The van der Waals surface area contributed by atoms with Crippen molar-refractivity contribution in [2.75, 3.05) is 0 Å². The molecule has 2 aromatic heterocycles. The van der Waals surface area contributed by atoms with Crippen molar-refractivity contribution < 1.29 is 8.76 Å². The quantitative estimate of drug-likeness (QED) is 0.630. The van der Waals surface area contributed by atoms with Gasteiger partial charge in [-0.15, -0.1) is 0 Å². The van der Waals surface area contributed by atoms with Crippen LogP contribution in [-0.2, 0) is 11.1 Å². The minimum atomic E-state index is -2.22. The Morgan fingerprint density at radius 1 is 1.31 bits per heavy atom. The first-order chi connectivity index (χ1) is 6.29. The second-order valence-corrected chi connectivity index (χ2v) is 3.35. The Morgan fingerprint density at radius 3 is 2.92 bits per heavy atom. The monoisotopic (exact) mass is 193 g/mol. The van der Waals surface area contributed by atoms with Crippen LogP contribution in [0, 0.1) is 0 Å². The molecule has 2 aromatic rings. The van der Waals surface area contributed by atoms with Crippen LogP contribution in [0.25, 0.3) is 10.9 Å². The van der Waals surface area contributed by atoms with Crippen molar-refractivity contribution in [2.24, 2.45) is 0 Å². The summed E-state index contributed by atoms with van der Waals surface area (Å²) in [4.78, 5) is 8.10. The summed E-state index contributed by atoms with van der Waals surface area (Å²) in [6, 6.07) is 3.10. The van der Waals surface area contributed by atoms with Crippen molar-refractivity contribution in [1.29, 1.82) is 0 Å². The predicted octanol–water partition coefficient (Wildman–Crippen LogP) is 0.868. The molecule has 66 valence electrons. The highest BCUT2D eigenvalue weighted by atomic mass is 32.2. The average Bonchev–Trinajstić information content (AvgIpc) is 2.17. The lowest BCUT2D eigenvalue weighted by molar-refractivity contribution is 0.538. The number of fused-ring (bicyclic) bond motifs is 1. The van der Waals surface area contributed by atoms with E-state index in [4.69, 9.17) is 0 Å². The molecule has 0 aromatic carbocycles. The van der Waals surface area contributed by atoms with Crippen molar-refractivity contribution >= 4 is 22.0 Å². The first-order valence-electron chi connectivity index (χ1n) is 3.57. The normalized spacial score (nSPS) is 13.0. The molecule has 0 spiro atoms. The number of nitrogens with zero attached hydrogens (tertiary/aromatic N) is 2. The molecule has 2 rings (SSSR count). The largest absolute Gasteiger partial charge is 0.768 e. The van der Waals surface area contributed by atoms with E-state index in [-0.39, 0.29) is 4.90 Å². The molecule has 0 aliphatic carbocycles. The molecule has 1 atom stereocenters. The van der Waals surface area contributed by atoms with E-state index in [1.807, 2.05) is 0 Å². The van der Waals surface area contributed by atoms with E-state index in [1.165, 1.54) is 18.5 Å². The second-order valence-electron chi connectivity index (χ2n) is 2.44. The highest BCUT2D eigenvalue weighted by Gasteiger charge is 2.00. The molecule has 0 N–H and O–H groups in total. The molecule has 0 saturated carbocycles. The molecule has 5 heteroatoms. The van der Waals surface area contributed by atoms with Gasteiger partial charge in [0.05, 0.1) is 11.7 Å². The van der Waals surface area contributed by atoms with Gasteiger partial charge in [-0.25, -0.2) is 0 Å². The number of hydrogen-bond donors (Lipinski definition) is 0. The van der Waals surface area contributed by atoms with Gasteiger partial charge < -0.3 is 4.55 Å². The van der Waals surface area contributed by atoms with Crippen LogP contribution in [0.15, 0.2) is 35.6 Å². The summed E-state index contributed by atoms with van der Waals surface area (Å²) < 4.78 is 21.5. The van der Waals surface area contributed by atoms with Gasteiger partial charge in [0.25, 0.3) is 0 Å². The zero-order chi connectivity index (χ0) is 9.26. The predicted molar refractivity (Wildman–Crippen MR) is 46.7 cm³/mol. The Labute approximate surface area is 76.9 Å². The third-order valence-electron chi connectivity index (χ3n) is 1.68. The summed E-state index contributed by atoms with van der Waals surface area (Å²) in [6.45, 7) is 0. The molecule has 0 saturated heterocycles. The fraction of sp³-hybridized carbons (Fsp3) is 0. The molecule has 0 amide bonds. The van der Waals surface area contributed by atoms with Gasteiger partial charge in [-0.2, -0.15) is 0 Å². The maximum absolute atomic E-state index is 10.8. The Bertz CT molecular complexity index is 467. The van der Waals surface area contributed by atoms with Crippen LogP contribution >= 0.6 is 0 Å². The SMILES string of the molecule is O=S([O-])c1ccnc2cnccc12. The number of rotatable bonds is 1. The van der Waals surface area contributed by atoms with Gasteiger partial charge in [0.15, 0.2) is 0 Å². The van der Waals surface area contributed by atoms with Crippen molar-refractivity contribution in [3.63, 3.8) is 0 Å². The van der Waals surface area contributed by atoms with Gasteiger partial charge >= 0.3 is 0 Å². The van der Waals surface area contributed by atoms with Crippen LogP contribution in [-0.4, -0.2) is 18.7 Å². The third kappa shape index (κ3) is 1.43. The van der Waals surface area contributed by atoms with Gasteiger partial charge in [-0.05, 0) is 23.2 Å². The fourth-order valence-electron chi connectivity index (χ4n) is 1.12. The minimum Gasteiger partial charge on any atom is -0.768 e. The van der Waals surface area contributed by atoms with Gasteiger partial charge in [0.1, 0.15) is 0 Å². The summed E-state index contributed by atoms with van der Waals surface area (Å²) in [6.07, 6.45) is 4.53. The molecule has 0 aliphatic rings. The minimum absolute atomic E-state index is 0.257. The van der Waals surface area contributed by atoms with Gasteiger partial charge in [-0.1, -0.05) is 0 Å². The zero-order valence-electron chi connectivity index (χ0n) is 6.51. The van der Waals surface area contributed by atoms with E-state index in [1.54, 1.807) is 12.3 Å². The van der Waals surface area contributed by atoms with Crippen LogP contribution in [0.1, 0.15) is 0 Å². The van der Waals surface area contributed by atoms with Crippen LogP contribution in [0.3, 0.4) is 0 Å². The number of pyridine rings is 2. The first-order valence-corrected chi connectivity index (χ1v) is 4.64. The van der Waals surface area contributed by atoms with Gasteiger partial charge in [-0.3, -0.25) is 14.2 Å². The van der Waals surface area contributed by atoms with E-state index >= 15 is 0 Å². The van der Waals surface area contributed by atoms with Crippen molar-refractivity contribution in [2.45, 2.75) is 4.90 Å². The Balaban J connectivity index is 2.83. The highest BCUT2D eigenvalue weighted by Crippen LogP contribution is 2.16. The summed E-state index contributed by atoms with van der Waals surface area (Å²) in [5.41, 5.74) is 0.587. The summed E-state index contributed by atoms with van der Waals surface area (Å²) in [5, 5.41) is 0.603. The van der Waals surface area contributed by atoms with E-state index in [0.29, 0.717) is 10.9 Å². The molecule has 13 heavy (non-hydrogen) atoms. The summed E-state index contributed by atoms with van der Waals surface area (Å²) in [7, 11) is 0. The van der Waals surface area contributed by atoms with Crippen LogP contribution < -0.4 is 0 Å². The first kappa shape index (κ1) is 8.28. The lowest BCUT2D eigenvalue weighted by Crippen LogP contribution is -1.92. The Kier molecular flexibility index (Phi) is 2.03. The second kappa shape index (κ2) is 3.20. The van der Waals surface area contributed by atoms with E-state index in [2.05, 4.69) is 9.97 Å². The Hall–Kier alpha value is -1.33. The smallest absolute Gasteiger partial charge is 0.0896 e. The van der Waals surface area contributed by atoms with E-state index < -0.39 is 11.1 Å². The van der Waals surface area contributed by atoms with Crippen molar-refractivity contribution in [1.82, 2.24) is 9.97 Å². The molecule has 0 radical (unpaired) electrons. The number of hydrogen-bond acceptors (Lipinski definition) is 4.